The van der Waals surface area contributed by atoms with Gasteiger partial charge in [0.1, 0.15) is 11.6 Å². The van der Waals surface area contributed by atoms with E-state index < -0.39 is 5.50 Å². The van der Waals surface area contributed by atoms with E-state index in [1.165, 1.54) is 17.8 Å². The lowest BCUT2D eigenvalue weighted by Crippen LogP contribution is -2.31. The molecule has 0 bridgehead atoms. The number of benzene rings is 2. The predicted molar refractivity (Wildman–Crippen MR) is 95.1 cm³/mol. The van der Waals surface area contributed by atoms with Crippen LogP contribution < -0.4 is 15.4 Å². The van der Waals surface area contributed by atoms with E-state index in [0.29, 0.717) is 17.2 Å². The molecule has 1 aliphatic heterocycles. The van der Waals surface area contributed by atoms with Crippen molar-refractivity contribution in [3.8, 4) is 5.75 Å². The summed E-state index contributed by atoms with van der Waals surface area (Å²) in [6, 6.07) is 13.9. The molecule has 2 aromatic carbocycles. The topological polar surface area (TPSA) is 50.4 Å². The highest BCUT2D eigenvalue weighted by Crippen LogP contribution is 2.31. The van der Waals surface area contributed by atoms with E-state index in [0.717, 1.165) is 11.3 Å². The number of carbonyl (C=O) groups excluding carboxylic acids is 1. The molecule has 6 heteroatoms. The predicted octanol–water partition coefficient (Wildman–Crippen LogP) is 3.82. The number of hydrogen-bond acceptors (Lipinski definition) is 4. The van der Waals surface area contributed by atoms with Gasteiger partial charge in [0, 0.05) is 0 Å². The van der Waals surface area contributed by atoms with Crippen LogP contribution in [0.1, 0.15) is 12.5 Å². The van der Waals surface area contributed by atoms with Crippen molar-refractivity contribution in [2.24, 2.45) is 0 Å². The molecule has 0 aromatic heterocycles. The maximum absolute atomic E-state index is 13.7. The zero-order valence-corrected chi connectivity index (χ0v) is 13.9. The largest absolute Gasteiger partial charge is 0.494 e. The van der Waals surface area contributed by atoms with Crippen LogP contribution >= 0.6 is 11.8 Å². The second-order valence-electron chi connectivity index (χ2n) is 5.11. The lowest BCUT2D eigenvalue weighted by molar-refractivity contribution is -0.116. The molecule has 1 heterocycles. The minimum absolute atomic E-state index is 0.185. The van der Waals surface area contributed by atoms with Crippen molar-refractivity contribution in [2.75, 3.05) is 11.9 Å². The van der Waals surface area contributed by atoms with E-state index in [-0.39, 0.29) is 11.7 Å². The summed E-state index contributed by atoms with van der Waals surface area (Å²) < 4.78 is 19.1. The van der Waals surface area contributed by atoms with Crippen LogP contribution in [0.5, 0.6) is 5.75 Å². The molecule has 2 N–H and O–H groups in total. The van der Waals surface area contributed by atoms with Crippen LogP contribution in [-0.4, -0.2) is 18.0 Å². The van der Waals surface area contributed by atoms with Gasteiger partial charge in [-0.3, -0.25) is 4.79 Å². The van der Waals surface area contributed by atoms with Gasteiger partial charge >= 0.3 is 0 Å². The molecule has 0 saturated carbocycles. The van der Waals surface area contributed by atoms with Crippen molar-refractivity contribution < 1.29 is 13.9 Å². The summed E-state index contributed by atoms with van der Waals surface area (Å²) in [5.74, 6) is 0.223. The van der Waals surface area contributed by atoms with Gasteiger partial charge < -0.3 is 15.4 Å². The molecule has 1 unspecified atom stereocenters. The van der Waals surface area contributed by atoms with Gasteiger partial charge in [-0.2, -0.15) is 0 Å². The summed E-state index contributed by atoms with van der Waals surface area (Å²) in [6.45, 7) is 2.51. The molecule has 124 valence electrons. The molecule has 4 nitrogen and oxygen atoms in total. The van der Waals surface area contributed by atoms with Gasteiger partial charge in [-0.25, -0.2) is 4.39 Å². The Labute approximate surface area is 144 Å². The van der Waals surface area contributed by atoms with Crippen molar-refractivity contribution in [1.82, 2.24) is 5.32 Å². The number of rotatable bonds is 5. The van der Waals surface area contributed by atoms with E-state index in [9.17, 15) is 9.18 Å². The molecule has 2 aromatic rings. The molecule has 1 atom stereocenters. The molecule has 0 spiro atoms. The number of nitrogens with one attached hydrogen (secondary N) is 2. The molecule has 24 heavy (non-hydrogen) atoms. The first-order valence-electron chi connectivity index (χ1n) is 7.59. The van der Waals surface area contributed by atoms with E-state index in [2.05, 4.69) is 10.6 Å². The van der Waals surface area contributed by atoms with Crippen LogP contribution in [-0.2, 0) is 4.79 Å². The number of ether oxygens (including phenoxy) is 1. The minimum Gasteiger partial charge on any atom is -0.494 e. The Hall–Kier alpha value is -2.47. The Morgan fingerprint density at radius 2 is 2.12 bits per heavy atom. The summed E-state index contributed by atoms with van der Waals surface area (Å²) in [4.78, 5) is 12.7. The quantitative estimate of drug-likeness (QED) is 0.810. The van der Waals surface area contributed by atoms with Crippen LogP contribution in [0.4, 0.5) is 10.1 Å². The van der Waals surface area contributed by atoms with Gasteiger partial charge in [0.25, 0.3) is 5.91 Å². The first-order valence-corrected chi connectivity index (χ1v) is 8.47. The fourth-order valence-electron chi connectivity index (χ4n) is 2.30. The highest BCUT2D eigenvalue weighted by molar-refractivity contribution is 8.05. The van der Waals surface area contributed by atoms with Crippen molar-refractivity contribution in [1.29, 1.82) is 0 Å². The summed E-state index contributed by atoms with van der Waals surface area (Å²) in [5.41, 5.74) is 0.829. The Bertz CT molecular complexity index is 779. The van der Waals surface area contributed by atoms with Gasteiger partial charge in [0.05, 0.1) is 17.2 Å². The Morgan fingerprint density at radius 1 is 1.29 bits per heavy atom. The maximum Gasteiger partial charge on any atom is 0.260 e. The molecule has 1 aliphatic rings. The first kappa shape index (κ1) is 16.4. The molecule has 1 fully saturated rings. The van der Waals surface area contributed by atoms with Crippen LogP contribution in [0, 0.1) is 5.82 Å². The van der Waals surface area contributed by atoms with Crippen LogP contribution in [0.2, 0.25) is 0 Å². The molecular weight excluding hydrogens is 327 g/mol. The summed E-state index contributed by atoms with van der Waals surface area (Å²) >= 11 is 1.32. The molecule has 3 rings (SSSR count). The second kappa shape index (κ2) is 7.40. The normalized spacial score (nSPS) is 18.5. The van der Waals surface area contributed by atoms with Crippen molar-refractivity contribution >= 4 is 29.4 Å². The third-order valence-electron chi connectivity index (χ3n) is 3.36. The van der Waals surface area contributed by atoms with Gasteiger partial charge in [-0.1, -0.05) is 36.0 Å². The van der Waals surface area contributed by atoms with Gasteiger partial charge in [0.2, 0.25) is 0 Å². The average molecular weight is 344 g/mol. The molecule has 0 aliphatic carbocycles. The van der Waals surface area contributed by atoms with Gasteiger partial charge in [0.15, 0.2) is 5.50 Å². The zero-order valence-electron chi connectivity index (χ0n) is 13.1. The van der Waals surface area contributed by atoms with E-state index >= 15 is 0 Å². The van der Waals surface area contributed by atoms with E-state index in [1.807, 2.05) is 31.2 Å². The third kappa shape index (κ3) is 3.89. The van der Waals surface area contributed by atoms with E-state index in [1.54, 1.807) is 24.3 Å². The number of amides is 1. The van der Waals surface area contributed by atoms with Crippen molar-refractivity contribution in [3.63, 3.8) is 0 Å². The Kier molecular flexibility index (Phi) is 5.05. The first-order chi connectivity index (χ1) is 11.7. The zero-order chi connectivity index (χ0) is 16.9. The van der Waals surface area contributed by atoms with Crippen LogP contribution in [0.25, 0.3) is 6.08 Å². The maximum atomic E-state index is 13.7. The molecule has 1 amide bonds. The van der Waals surface area contributed by atoms with Crippen molar-refractivity contribution in [2.45, 2.75) is 12.4 Å². The second-order valence-corrected chi connectivity index (χ2v) is 6.26. The van der Waals surface area contributed by atoms with Crippen molar-refractivity contribution in [3.05, 3.63) is 64.8 Å². The number of halogens is 1. The third-order valence-corrected chi connectivity index (χ3v) is 4.39. The number of para-hydroxylation sites is 1. The van der Waals surface area contributed by atoms with E-state index in [4.69, 9.17) is 4.74 Å². The number of hydrogen-bond donors (Lipinski definition) is 2. The summed E-state index contributed by atoms with van der Waals surface area (Å²) in [5, 5.41) is 5.76. The monoisotopic (exact) mass is 344 g/mol. The minimum atomic E-state index is -0.407. The summed E-state index contributed by atoms with van der Waals surface area (Å²) in [7, 11) is 0. The molecular formula is C18H17FN2O2S. The fraction of sp³-hybridized carbons (Fsp3) is 0.167. The number of thioether (sulfide) groups is 1. The Balaban J connectivity index is 1.72. The number of carbonyl (C=O) groups is 1. The molecule has 1 saturated heterocycles. The summed E-state index contributed by atoms with van der Waals surface area (Å²) in [6.07, 6.45) is 1.80. The van der Waals surface area contributed by atoms with Crippen LogP contribution in [0.15, 0.2) is 53.4 Å². The van der Waals surface area contributed by atoms with Gasteiger partial charge in [-0.15, -0.1) is 0 Å². The number of anilines is 1. The fourth-order valence-corrected chi connectivity index (χ4v) is 3.27. The average Bonchev–Trinajstić information content (AvgIpc) is 2.90. The standard InChI is InChI=1S/C18H17FN2O2S/c1-2-23-13-7-5-6-12(10-13)11-16-17(22)21-18(24-16)20-15-9-4-3-8-14(15)19/h3-11,18,20H,2H2,1H3,(H,21,22)/b16-11-. The SMILES string of the molecule is CCOc1cccc(/C=C2\SC(Nc3ccccc3F)NC2=O)c1. The lowest BCUT2D eigenvalue weighted by Gasteiger charge is -2.12. The van der Waals surface area contributed by atoms with Crippen LogP contribution in [0.3, 0.4) is 0 Å². The smallest absolute Gasteiger partial charge is 0.260 e. The van der Waals surface area contributed by atoms with Gasteiger partial charge in [-0.05, 0) is 42.8 Å². The molecule has 0 radical (unpaired) electrons. The highest BCUT2D eigenvalue weighted by atomic mass is 32.2. The highest BCUT2D eigenvalue weighted by Gasteiger charge is 2.27. The Morgan fingerprint density at radius 3 is 2.92 bits per heavy atom. The lowest BCUT2D eigenvalue weighted by atomic mass is 10.2.